The molecule has 19 heavy (non-hydrogen) atoms. The van der Waals surface area contributed by atoms with Gasteiger partial charge in [0, 0.05) is 5.56 Å². The number of hydrogen-bond acceptors (Lipinski definition) is 5. The quantitative estimate of drug-likeness (QED) is 0.920. The van der Waals surface area contributed by atoms with Crippen LogP contribution in [0.25, 0.3) is 11.4 Å². The van der Waals surface area contributed by atoms with Crippen molar-refractivity contribution in [3.8, 4) is 17.4 Å². The molecule has 0 radical (unpaired) electrons. The minimum absolute atomic E-state index is 0.0674. The van der Waals surface area contributed by atoms with E-state index < -0.39 is 18.8 Å². The summed E-state index contributed by atoms with van der Waals surface area (Å²) in [6, 6.07) is 7.78. The van der Waals surface area contributed by atoms with E-state index >= 15 is 0 Å². The highest BCUT2D eigenvalue weighted by atomic mass is 19.3. The number of nitrogens with two attached hydrogens (primary N) is 1. The summed E-state index contributed by atoms with van der Waals surface area (Å²) >= 11 is 0. The van der Waals surface area contributed by atoms with E-state index in [0.29, 0.717) is 5.56 Å². The van der Waals surface area contributed by atoms with Crippen LogP contribution in [-0.2, 0) is 0 Å². The second-order valence-electron chi connectivity index (χ2n) is 3.54. The first-order valence-corrected chi connectivity index (χ1v) is 5.20. The number of rotatable bonds is 4. The van der Waals surface area contributed by atoms with E-state index in [1.807, 2.05) is 0 Å². The number of hydrogen-bond donors (Lipinski definition) is 1. The maximum atomic E-state index is 12.8. The Morgan fingerprint density at radius 2 is 1.79 bits per heavy atom. The second kappa shape index (κ2) is 5.09. The molecular formula is C11H9F3N4O. The van der Waals surface area contributed by atoms with Crippen molar-refractivity contribution in [2.75, 3.05) is 12.4 Å². The van der Waals surface area contributed by atoms with Crippen molar-refractivity contribution in [3.05, 3.63) is 30.3 Å². The van der Waals surface area contributed by atoms with Gasteiger partial charge < -0.3 is 10.5 Å². The molecule has 0 aliphatic carbocycles. The van der Waals surface area contributed by atoms with E-state index in [9.17, 15) is 13.2 Å². The molecule has 0 spiro atoms. The standard InChI is InChI=1S/C11H9F3N4O/c12-6-11(13,14)19-10-17-8(16-9(15)18-10)7-4-2-1-3-5-7/h1-5H,6H2,(H2,15,16,17,18). The summed E-state index contributed by atoms with van der Waals surface area (Å²) in [5.41, 5.74) is 5.92. The third kappa shape index (κ3) is 3.30. The minimum atomic E-state index is -4.00. The number of ether oxygens (including phenoxy) is 1. The molecule has 0 aliphatic heterocycles. The van der Waals surface area contributed by atoms with Gasteiger partial charge in [0.2, 0.25) is 5.95 Å². The lowest BCUT2D eigenvalue weighted by atomic mass is 10.2. The number of aromatic nitrogens is 3. The van der Waals surface area contributed by atoms with Gasteiger partial charge in [0.1, 0.15) is 0 Å². The van der Waals surface area contributed by atoms with Crippen LogP contribution in [0, 0.1) is 0 Å². The lowest BCUT2D eigenvalue weighted by molar-refractivity contribution is -0.190. The van der Waals surface area contributed by atoms with Crippen LogP contribution in [0.2, 0.25) is 0 Å². The Morgan fingerprint density at radius 3 is 2.42 bits per heavy atom. The number of alkyl halides is 3. The first kappa shape index (κ1) is 13.1. The van der Waals surface area contributed by atoms with Gasteiger partial charge in [-0.3, -0.25) is 0 Å². The maximum Gasteiger partial charge on any atom is 0.429 e. The number of nitrogens with zero attached hydrogens (tertiary/aromatic N) is 3. The first-order valence-electron chi connectivity index (χ1n) is 5.20. The lowest BCUT2D eigenvalue weighted by Crippen LogP contribution is -2.28. The topological polar surface area (TPSA) is 73.9 Å². The molecule has 0 amide bonds. The molecule has 0 saturated heterocycles. The summed E-state index contributed by atoms with van der Waals surface area (Å²) in [5, 5.41) is 0. The summed E-state index contributed by atoms with van der Waals surface area (Å²) in [4.78, 5) is 10.8. The summed E-state index contributed by atoms with van der Waals surface area (Å²) in [5.74, 6) is -0.226. The maximum absolute atomic E-state index is 12.8. The van der Waals surface area contributed by atoms with Gasteiger partial charge in [-0.25, -0.2) is 4.39 Å². The minimum Gasteiger partial charge on any atom is -0.396 e. The van der Waals surface area contributed by atoms with Crippen LogP contribution in [0.15, 0.2) is 30.3 Å². The highest BCUT2D eigenvalue weighted by molar-refractivity contribution is 5.55. The Balaban J connectivity index is 2.35. The zero-order valence-electron chi connectivity index (χ0n) is 9.55. The van der Waals surface area contributed by atoms with Gasteiger partial charge in [-0.15, -0.1) is 0 Å². The average Bonchev–Trinajstić information content (AvgIpc) is 2.38. The zero-order valence-corrected chi connectivity index (χ0v) is 9.55. The van der Waals surface area contributed by atoms with Crippen LogP contribution in [0.3, 0.4) is 0 Å². The van der Waals surface area contributed by atoms with Crippen molar-refractivity contribution in [1.82, 2.24) is 15.0 Å². The highest BCUT2D eigenvalue weighted by Crippen LogP contribution is 2.22. The zero-order chi connectivity index (χ0) is 13.9. The summed E-state index contributed by atoms with van der Waals surface area (Å²) in [6.45, 7) is -1.99. The van der Waals surface area contributed by atoms with E-state index in [1.165, 1.54) is 0 Å². The van der Waals surface area contributed by atoms with Gasteiger partial charge in [0.05, 0.1) is 0 Å². The predicted octanol–water partition coefficient (Wildman–Crippen LogP) is 2.06. The molecule has 2 N–H and O–H groups in total. The largest absolute Gasteiger partial charge is 0.429 e. The first-order chi connectivity index (χ1) is 9.00. The van der Waals surface area contributed by atoms with Gasteiger partial charge in [-0.1, -0.05) is 30.3 Å². The molecule has 1 aromatic heterocycles. The Bertz CT molecular complexity index is 565. The van der Waals surface area contributed by atoms with Crippen LogP contribution in [-0.4, -0.2) is 27.7 Å². The van der Waals surface area contributed by atoms with Crippen LogP contribution in [0.1, 0.15) is 0 Å². The van der Waals surface area contributed by atoms with E-state index in [2.05, 4.69) is 19.7 Å². The second-order valence-corrected chi connectivity index (χ2v) is 3.54. The smallest absolute Gasteiger partial charge is 0.396 e. The fourth-order valence-electron chi connectivity index (χ4n) is 1.29. The van der Waals surface area contributed by atoms with E-state index in [4.69, 9.17) is 5.73 Å². The molecule has 1 heterocycles. The molecule has 0 unspecified atom stereocenters. The van der Waals surface area contributed by atoms with E-state index in [0.717, 1.165) is 0 Å². The van der Waals surface area contributed by atoms with Gasteiger partial charge in [0.25, 0.3) is 0 Å². The average molecular weight is 270 g/mol. The summed E-state index contributed by atoms with van der Waals surface area (Å²) in [7, 11) is 0. The molecule has 2 rings (SSSR count). The number of benzene rings is 1. The molecule has 100 valence electrons. The molecule has 8 heteroatoms. The van der Waals surface area contributed by atoms with Crippen molar-refractivity contribution < 1.29 is 17.9 Å². The highest BCUT2D eigenvalue weighted by Gasteiger charge is 2.33. The molecule has 0 aliphatic rings. The molecule has 0 saturated carbocycles. The Hall–Kier alpha value is -2.38. The molecule has 5 nitrogen and oxygen atoms in total. The van der Waals surface area contributed by atoms with Crippen molar-refractivity contribution in [2.45, 2.75) is 6.11 Å². The van der Waals surface area contributed by atoms with Gasteiger partial charge >= 0.3 is 12.1 Å². The Morgan fingerprint density at radius 1 is 1.11 bits per heavy atom. The number of nitrogen functional groups attached to an aromatic ring is 1. The number of halogens is 3. The van der Waals surface area contributed by atoms with Crippen LogP contribution in [0.5, 0.6) is 6.01 Å². The van der Waals surface area contributed by atoms with Gasteiger partial charge in [-0.05, 0) is 0 Å². The third-order valence-electron chi connectivity index (χ3n) is 2.06. The van der Waals surface area contributed by atoms with Crippen molar-refractivity contribution >= 4 is 5.95 Å². The predicted molar refractivity (Wildman–Crippen MR) is 61.2 cm³/mol. The van der Waals surface area contributed by atoms with Crippen LogP contribution < -0.4 is 10.5 Å². The van der Waals surface area contributed by atoms with Crippen molar-refractivity contribution in [1.29, 1.82) is 0 Å². The van der Waals surface area contributed by atoms with Crippen LogP contribution in [0.4, 0.5) is 19.1 Å². The fraction of sp³-hybridized carbons (Fsp3) is 0.182. The monoisotopic (exact) mass is 270 g/mol. The molecule has 2 aromatic rings. The summed E-state index contributed by atoms with van der Waals surface area (Å²) < 4.78 is 41.6. The molecule has 0 atom stereocenters. The van der Waals surface area contributed by atoms with E-state index in [-0.39, 0.29) is 11.8 Å². The normalized spacial score (nSPS) is 11.3. The number of anilines is 1. The molecule has 1 aromatic carbocycles. The Kier molecular flexibility index (Phi) is 3.50. The van der Waals surface area contributed by atoms with Crippen molar-refractivity contribution in [2.24, 2.45) is 0 Å². The van der Waals surface area contributed by atoms with Crippen molar-refractivity contribution in [3.63, 3.8) is 0 Å². The third-order valence-corrected chi connectivity index (χ3v) is 2.06. The Labute approximate surface area is 106 Å². The van der Waals surface area contributed by atoms with Gasteiger partial charge in [-0.2, -0.15) is 23.7 Å². The lowest BCUT2D eigenvalue weighted by Gasteiger charge is -2.13. The molecular weight excluding hydrogens is 261 g/mol. The molecule has 0 bridgehead atoms. The van der Waals surface area contributed by atoms with Crippen LogP contribution >= 0.6 is 0 Å². The molecule has 0 fully saturated rings. The van der Waals surface area contributed by atoms with Gasteiger partial charge in [0.15, 0.2) is 12.5 Å². The fourth-order valence-corrected chi connectivity index (χ4v) is 1.29. The summed E-state index contributed by atoms with van der Waals surface area (Å²) in [6.07, 6.45) is -4.00. The SMILES string of the molecule is Nc1nc(OC(F)(F)CF)nc(-c2ccccc2)n1. The van der Waals surface area contributed by atoms with E-state index in [1.54, 1.807) is 30.3 Å².